The van der Waals surface area contributed by atoms with E-state index in [1.807, 2.05) is 0 Å². The van der Waals surface area contributed by atoms with Crippen LogP contribution in [-0.4, -0.2) is 39.4 Å². The highest BCUT2D eigenvalue weighted by Crippen LogP contribution is 2.40. The molecule has 0 amide bonds. The SMILES string of the molecule is CCN=C(NC1CCc2nc(C(C)C)nn2C1)NC1CC1c1ccccc1. The zero-order valence-electron chi connectivity index (χ0n) is 16.5. The second kappa shape index (κ2) is 7.71. The van der Waals surface area contributed by atoms with Crippen LogP contribution in [0, 0.1) is 0 Å². The fourth-order valence-electron chi connectivity index (χ4n) is 3.77. The molecule has 2 heterocycles. The largest absolute Gasteiger partial charge is 0.353 e. The summed E-state index contributed by atoms with van der Waals surface area (Å²) in [4.78, 5) is 9.35. The number of nitrogens with one attached hydrogen (secondary N) is 2. The number of aliphatic imine (C=N–C) groups is 1. The van der Waals surface area contributed by atoms with E-state index in [0.717, 1.165) is 43.5 Å². The highest BCUT2D eigenvalue weighted by atomic mass is 15.4. The van der Waals surface area contributed by atoms with Crippen molar-refractivity contribution < 1.29 is 0 Å². The molecule has 2 aromatic rings. The zero-order valence-corrected chi connectivity index (χ0v) is 16.5. The van der Waals surface area contributed by atoms with Gasteiger partial charge in [0.2, 0.25) is 0 Å². The molecule has 0 saturated heterocycles. The number of benzene rings is 1. The molecule has 27 heavy (non-hydrogen) atoms. The van der Waals surface area contributed by atoms with E-state index in [1.54, 1.807) is 0 Å². The smallest absolute Gasteiger partial charge is 0.191 e. The van der Waals surface area contributed by atoms with Crippen LogP contribution in [0.4, 0.5) is 0 Å². The van der Waals surface area contributed by atoms with Gasteiger partial charge in [0.15, 0.2) is 11.8 Å². The van der Waals surface area contributed by atoms with Gasteiger partial charge < -0.3 is 10.6 Å². The molecule has 1 aromatic heterocycles. The lowest BCUT2D eigenvalue weighted by Gasteiger charge is -2.25. The molecular formula is C21H30N6. The maximum absolute atomic E-state index is 4.68. The Morgan fingerprint density at radius 1 is 1.26 bits per heavy atom. The molecule has 2 N–H and O–H groups in total. The van der Waals surface area contributed by atoms with Crippen LogP contribution in [0.1, 0.15) is 62.7 Å². The molecule has 1 aromatic carbocycles. The van der Waals surface area contributed by atoms with Crippen LogP contribution in [0.5, 0.6) is 0 Å². The second-order valence-electron chi connectivity index (χ2n) is 7.93. The highest BCUT2D eigenvalue weighted by molar-refractivity contribution is 5.81. The maximum atomic E-state index is 4.68. The minimum Gasteiger partial charge on any atom is -0.353 e. The van der Waals surface area contributed by atoms with Crippen LogP contribution in [-0.2, 0) is 13.0 Å². The van der Waals surface area contributed by atoms with E-state index < -0.39 is 0 Å². The van der Waals surface area contributed by atoms with Crippen LogP contribution >= 0.6 is 0 Å². The van der Waals surface area contributed by atoms with Crippen molar-refractivity contribution in [3.63, 3.8) is 0 Å². The summed E-state index contributed by atoms with van der Waals surface area (Å²) in [6.45, 7) is 8.00. The third-order valence-electron chi connectivity index (χ3n) is 5.39. The summed E-state index contributed by atoms with van der Waals surface area (Å²) >= 11 is 0. The minimum atomic E-state index is 0.339. The summed E-state index contributed by atoms with van der Waals surface area (Å²) in [6.07, 6.45) is 3.20. The summed E-state index contributed by atoms with van der Waals surface area (Å²) in [5.41, 5.74) is 1.41. The summed E-state index contributed by atoms with van der Waals surface area (Å²) in [6, 6.07) is 11.6. The van der Waals surface area contributed by atoms with E-state index in [1.165, 1.54) is 12.0 Å². The van der Waals surface area contributed by atoms with Crippen LogP contribution < -0.4 is 10.6 Å². The molecule has 144 valence electrons. The Morgan fingerprint density at radius 2 is 2.07 bits per heavy atom. The van der Waals surface area contributed by atoms with E-state index in [2.05, 4.69) is 81.5 Å². The van der Waals surface area contributed by atoms with E-state index in [4.69, 9.17) is 0 Å². The van der Waals surface area contributed by atoms with Gasteiger partial charge in [-0.3, -0.25) is 4.99 Å². The predicted molar refractivity (Wildman–Crippen MR) is 108 cm³/mol. The van der Waals surface area contributed by atoms with Gasteiger partial charge in [-0.05, 0) is 25.3 Å². The van der Waals surface area contributed by atoms with Crippen LogP contribution in [0.3, 0.4) is 0 Å². The van der Waals surface area contributed by atoms with Crippen molar-refractivity contribution in [2.45, 2.75) is 70.5 Å². The molecule has 1 fully saturated rings. The number of rotatable bonds is 5. The summed E-state index contributed by atoms with van der Waals surface area (Å²) in [5, 5.41) is 11.9. The topological polar surface area (TPSA) is 67.1 Å². The van der Waals surface area contributed by atoms with Crippen LogP contribution in [0.15, 0.2) is 35.3 Å². The average Bonchev–Trinajstić information content (AvgIpc) is 3.29. The number of fused-ring (bicyclic) bond motifs is 1. The summed E-state index contributed by atoms with van der Waals surface area (Å²) < 4.78 is 2.07. The maximum Gasteiger partial charge on any atom is 0.191 e. The van der Waals surface area contributed by atoms with E-state index in [9.17, 15) is 0 Å². The van der Waals surface area contributed by atoms with Gasteiger partial charge in [-0.1, -0.05) is 44.2 Å². The normalized spacial score (nSPS) is 24.6. The van der Waals surface area contributed by atoms with Gasteiger partial charge in [-0.15, -0.1) is 0 Å². The van der Waals surface area contributed by atoms with E-state index in [0.29, 0.717) is 23.9 Å². The van der Waals surface area contributed by atoms with Crippen LogP contribution in [0.2, 0.25) is 0 Å². The lowest BCUT2D eigenvalue weighted by molar-refractivity contribution is 0.391. The van der Waals surface area contributed by atoms with Gasteiger partial charge in [-0.2, -0.15) is 5.10 Å². The Labute approximate surface area is 161 Å². The summed E-state index contributed by atoms with van der Waals surface area (Å²) in [7, 11) is 0. The molecule has 6 heteroatoms. The quantitative estimate of drug-likeness (QED) is 0.631. The highest BCUT2D eigenvalue weighted by Gasteiger charge is 2.39. The van der Waals surface area contributed by atoms with Gasteiger partial charge in [0.25, 0.3) is 0 Å². The summed E-state index contributed by atoms with van der Waals surface area (Å²) in [5.74, 6) is 3.97. The van der Waals surface area contributed by atoms with Gasteiger partial charge in [0, 0.05) is 36.9 Å². The third kappa shape index (κ3) is 4.15. The van der Waals surface area contributed by atoms with Gasteiger partial charge >= 0.3 is 0 Å². The number of hydrogen-bond donors (Lipinski definition) is 2. The molecule has 1 aliphatic heterocycles. The fraction of sp³-hybridized carbons (Fsp3) is 0.571. The number of hydrogen-bond acceptors (Lipinski definition) is 3. The van der Waals surface area contributed by atoms with Gasteiger partial charge in [0.05, 0.1) is 6.54 Å². The molecule has 4 rings (SSSR count). The molecule has 3 atom stereocenters. The van der Waals surface area contributed by atoms with Crippen molar-refractivity contribution >= 4 is 5.96 Å². The van der Waals surface area contributed by atoms with Gasteiger partial charge in [0.1, 0.15) is 5.82 Å². The van der Waals surface area contributed by atoms with Crippen LogP contribution in [0.25, 0.3) is 0 Å². The standard InChI is InChI=1S/C21H30N6/c1-4-22-21(24-18-12-17(18)15-8-6-5-7-9-15)23-16-10-11-19-25-20(14(2)3)26-27(19)13-16/h5-9,14,16-18H,4,10-13H2,1-3H3,(H2,22,23,24). The second-order valence-corrected chi connectivity index (χ2v) is 7.93. The number of aromatic nitrogens is 3. The van der Waals surface area contributed by atoms with E-state index >= 15 is 0 Å². The first-order chi connectivity index (χ1) is 13.1. The zero-order chi connectivity index (χ0) is 18.8. The Bertz CT molecular complexity index is 794. The minimum absolute atomic E-state index is 0.339. The van der Waals surface area contributed by atoms with Crippen molar-refractivity contribution in [3.8, 4) is 0 Å². The molecule has 1 saturated carbocycles. The molecule has 6 nitrogen and oxygen atoms in total. The molecule has 2 aliphatic rings. The monoisotopic (exact) mass is 366 g/mol. The molecule has 3 unspecified atom stereocenters. The van der Waals surface area contributed by atoms with Gasteiger partial charge in [-0.25, -0.2) is 9.67 Å². The molecular weight excluding hydrogens is 336 g/mol. The first kappa shape index (κ1) is 18.0. The molecule has 1 aliphatic carbocycles. The van der Waals surface area contributed by atoms with Crippen molar-refractivity contribution in [1.82, 2.24) is 25.4 Å². The van der Waals surface area contributed by atoms with Crippen molar-refractivity contribution in [3.05, 3.63) is 47.5 Å². The predicted octanol–water partition coefficient (Wildman–Crippen LogP) is 2.83. The Hall–Kier alpha value is -2.37. The fourth-order valence-corrected chi connectivity index (χ4v) is 3.77. The Morgan fingerprint density at radius 3 is 2.81 bits per heavy atom. The molecule has 0 bridgehead atoms. The Kier molecular flexibility index (Phi) is 5.14. The van der Waals surface area contributed by atoms with E-state index in [-0.39, 0.29) is 0 Å². The number of nitrogens with zero attached hydrogens (tertiary/aromatic N) is 4. The first-order valence-electron chi connectivity index (χ1n) is 10.2. The van der Waals surface area contributed by atoms with Crippen molar-refractivity contribution in [2.24, 2.45) is 4.99 Å². The lowest BCUT2D eigenvalue weighted by atomic mass is 10.1. The molecule has 0 radical (unpaired) electrons. The lowest BCUT2D eigenvalue weighted by Crippen LogP contribution is -2.48. The first-order valence-corrected chi connectivity index (χ1v) is 10.2. The third-order valence-corrected chi connectivity index (χ3v) is 5.39. The number of guanidine groups is 1. The number of aryl methyl sites for hydroxylation is 1. The van der Waals surface area contributed by atoms with Crippen molar-refractivity contribution in [2.75, 3.05) is 6.54 Å². The van der Waals surface area contributed by atoms with Crippen molar-refractivity contribution in [1.29, 1.82) is 0 Å². The average molecular weight is 367 g/mol. The molecule has 0 spiro atoms. The Balaban J connectivity index is 1.36.